The molecule has 0 unspecified atom stereocenters. The van der Waals surface area contributed by atoms with Crippen molar-refractivity contribution in [3.05, 3.63) is 53.3 Å². The van der Waals surface area contributed by atoms with Crippen molar-refractivity contribution in [1.82, 2.24) is 4.31 Å². The molecule has 0 aromatic heterocycles. The summed E-state index contributed by atoms with van der Waals surface area (Å²) in [4.78, 5) is 0.259. The van der Waals surface area contributed by atoms with E-state index >= 15 is 0 Å². The van der Waals surface area contributed by atoms with Gasteiger partial charge >= 0.3 is 0 Å². The quantitative estimate of drug-likeness (QED) is 0.876. The van der Waals surface area contributed by atoms with Crippen molar-refractivity contribution in [3.8, 4) is 11.5 Å². The van der Waals surface area contributed by atoms with E-state index in [1.807, 2.05) is 6.92 Å². The Bertz CT molecular complexity index is 873. The van der Waals surface area contributed by atoms with Gasteiger partial charge < -0.3 is 10.2 Å². The lowest BCUT2D eigenvalue weighted by Crippen LogP contribution is -2.37. The third-order valence-electron chi connectivity index (χ3n) is 4.65. The number of aromatic hydroxyl groups is 2. The highest BCUT2D eigenvalue weighted by molar-refractivity contribution is 7.89. The van der Waals surface area contributed by atoms with E-state index in [0.717, 1.165) is 17.7 Å². The number of hydrogen-bond acceptors (Lipinski definition) is 4. The van der Waals surface area contributed by atoms with Gasteiger partial charge in [0.05, 0.1) is 4.90 Å². The molecule has 2 aromatic carbocycles. The molecule has 0 amide bonds. The highest BCUT2D eigenvalue weighted by atomic mass is 32.2. The second-order valence-corrected chi connectivity index (χ2v) is 8.29. The van der Waals surface area contributed by atoms with Gasteiger partial charge in [0.25, 0.3) is 0 Å². The van der Waals surface area contributed by atoms with Crippen LogP contribution in [0.15, 0.2) is 41.3 Å². The van der Waals surface area contributed by atoms with E-state index in [2.05, 4.69) is 0 Å². The predicted molar refractivity (Wildman–Crippen MR) is 91.6 cm³/mol. The van der Waals surface area contributed by atoms with E-state index < -0.39 is 21.6 Å². The maximum atomic E-state index is 13.6. The molecule has 1 heterocycles. The maximum Gasteiger partial charge on any atom is 0.243 e. The summed E-state index contributed by atoms with van der Waals surface area (Å²) >= 11 is 0. The second-order valence-electron chi connectivity index (χ2n) is 6.35. The van der Waals surface area contributed by atoms with Crippen molar-refractivity contribution < 1.29 is 23.0 Å². The Morgan fingerprint density at radius 2 is 1.64 bits per heavy atom. The van der Waals surface area contributed by atoms with Gasteiger partial charge in [-0.15, -0.1) is 0 Å². The number of rotatable bonds is 3. The number of benzene rings is 2. The molecule has 134 valence electrons. The molecule has 0 saturated carbocycles. The third-order valence-corrected chi connectivity index (χ3v) is 6.56. The number of phenolic OH excluding ortho intramolecular Hbond substituents is 2. The summed E-state index contributed by atoms with van der Waals surface area (Å²) in [6, 6.07) is 8.82. The van der Waals surface area contributed by atoms with Crippen molar-refractivity contribution >= 4 is 10.0 Å². The minimum Gasteiger partial charge on any atom is -0.508 e. The Kier molecular flexibility index (Phi) is 4.71. The monoisotopic (exact) mass is 365 g/mol. The minimum absolute atomic E-state index is 0.153. The summed E-state index contributed by atoms with van der Waals surface area (Å²) in [7, 11) is -3.55. The van der Waals surface area contributed by atoms with Crippen molar-refractivity contribution in [2.45, 2.75) is 30.6 Å². The number of hydrogen-bond donors (Lipinski definition) is 2. The maximum absolute atomic E-state index is 13.6. The molecule has 1 aliphatic rings. The molecule has 5 nitrogen and oxygen atoms in total. The summed E-state index contributed by atoms with van der Waals surface area (Å²) < 4.78 is 40.4. The number of nitrogens with zero attached hydrogens (tertiary/aromatic N) is 1. The van der Waals surface area contributed by atoms with Crippen LogP contribution in [-0.4, -0.2) is 36.0 Å². The Morgan fingerprint density at radius 3 is 2.24 bits per heavy atom. The third kappa shape index (κ3) is 3.48. The predicted octanol–water partition coefficient (Wildman–Crippen LogP) is 3.11. The smallest absolute Gasteiger partial charge is 0.243 e. The SMILES string of the molecule is Cc1ccc(S(=O)(=O)N2CCC(c3cc(F)c(O)cc3O)CC2)cc1. The van der Waals surface area contributed by atoms with Crippen LogP contribution in [0.2, 0.25) is 0 Å². The summed E-state index contributed by atoms with van der Waals surface area (Å²) in [5.41, 5.74) is 1.39. The number of aryl methyl sites for hydroxylation is 1. The van der Waals surface area contributed by atoms with E-state index in [1.54, 1.807) is 24.3 Å². The first-order valence-corrected chi connectivity index (χ1v) is 9.51. The fourth-order valence-electron chi connectivity index (χ4n) is 3.16. The molecule has 2 aromatic rings. The van der Waals surface area contributed by atoms with Gasteiger partial charge in [0.15, 0.2) is 11.6 Å². The molecule has 0 atom stereocenters. The van der Waals surface area contributed by atoms with Crippen LogP contribution < -0.4 is 0 Å². The average molecular weight is 365 g/mol. The van der Waals surface area contributed by atoms with Crippen LogP contribution in [0.3, 0.4) is 0 Å². The summed E-state index contributed by atoms with van der Waals surface area (Å²) in [5, 5.41) is 19.2. The molecule has 3 rings (SSSR count). The fraction of sp³-hybridized carbons (Fsp3) is 0.333. The normalized spacial score (nSPS) is 16.9. The van der Waals surface area contributed by atoms with E-state index in [4.69, 9.17) is 0 Å². The molecule has 1 fully saturated rings. The van der Waals surface area contributed by atoms with Crippen molar-refractivity contribution in [1.29, 1.82) is 0 Å². The lowest BCUT2D eigenvalue weighted by Gasteiger charge is -2.31. The molecule has 25 heavy (non-hydrogen) atoms. The van der Waals surface area contributed by atoms with Crippen LogP contribution >= 0.6 is 0 Å². The van der Waals surface area contributed by atoms with Gasteiger partial charge in [-0.3, -0.25) is 0 Å². The minimum atomic E-state index is -3.55. The number of halogens is 1. The lowest BCUT2D eigenvalue weighted by atomic mass is 9.89. The van der Waals surface area contributed by atoms with Crippen LogP contribution in [-0.2, 0) is 10.0 Å². The summed E-state index contributed by atoms with van der Waals surface area (Å²) in [6.07, 6.45) is 0.950. The average Bonchev–Trinajstić information content (AvgIpc) is 2.59. The van der Waals surface area contributed by atoms with Gasteiger partial charge in [0.2, 0.25) is 10.0 Å². The molecule has 2 N–H and O–H groups in total. The first-order chi connectivity index (χ1) is 11.8. The Balaban J connectivity index is 1.76. The van der Waals surface area contributed by atoms with Gasteiger partial charge in [-0.05, 0) is 43.9 Å². The molecular formula is C18H20FNO4S. The molecule has 0 aliphatic carbocycles. The van der Waals surface area contributed by atoms with Crippen LogP contribution in [0, 0.1) is 12.7 Å². The highest BCUT2D eigenvalue weighted by Gasteiger charge is 2.31. The second kappa shape index (κ2) is 6.65. The van der Waals surface area contributed by atoms with E-state index in [9.17, 15) is 23.0 Å². The van der Waals surface area contributed by atoms with E-state index in [0.29, 0.717) is 31.5 Å². The molecule has 0 bridgehead atoms. The van der Waals surface area contributed by atoms with E-state index in [1.165, 1.54) is 4.31 Å². The van der Waals surface area contributed by atoms with Crippen LogP contribution in [0.25, 0.3) is 0 Å². The lowest BCUT2D eigenvalue weighted by molar-refractivity contribution is 0.313. The largest absolute Gasteiger partial charge is 0.508 e. The van der Waals surface area contributed by atoms with Gasteiger partial charge in [0, 0.05) is 24.7 Å². The zero-order valence-electron chi connectivity index (χ0n) is 13.8. The van der Waals surface area contributed by atoms with Crippen molar-refractivity contribution in [2.24, 2.45) is 0 Å². The first kappa shape index (κ1) is 17.7. The fourth-order valence-corrected chi connectivity index (χ4v) is 4.63. The van der Waals surface area contributed by atoms with Gasteiger partial charge in [0.1, 0.15) is 5.75 Å². The topological polar surface area (TPSA) is 77.8 Å². The summed E-state index contributed by atoms with van der Waals surface area (Å²) in [5.74, 6) is -1.71. The van der Waals surface area contributed by atoms with E-state index in [-0.39, 0.29) is 16.6 Å². The van der Waals surface area contributed by atoms with Crippen LogP contribution in [0.1, 0.15) is 29.9 Å². The summed E-state index contributed by atoms with van der Waals surface area (Å²) in [6.45, 7) is 2.48. The standard InChI is InChI=1S/C18H20FNO4S/c1-12-2-4-14(5-3-12)25(23,24)20-8-6-13(7-9-20)15-10-16(19)18(22)11-17(15)21/h2-5,10-11,13,21-22H,6-9H2,1H3. The molecule has 1 saturated heterocycles. The van der Waals surface area contributed by atoms with Gasteiger partial charge in [-0.25, -0.2) is 12.8 Å². The number of sulfonamides is 1. The van der Waals surface area contributed by atoms with Crippen LogP contribution in [0.4, 0.5) is 4.39 Å². The highest BCUT2D eigenvalue weighted by Crippen LogP contribution is 2.37. The zero-order valence-corrected chi connectivity index (χ0v) is 14.6. The Labute approximate surface area is 146 Å². The van der Waals surface area contributed by atoms with Gasteiger partial charge in [-0.1, -0.05) is 17.7 Å². The first-order valence-electron chi connectivity index (χ1n) is 8.07. The zero-order chi connectivity index (χ0) is 18.2. The molecular weight excluding hydrogens is 345 g/mol. The number of piperidine rings is 1. The van der Waals surface area contributed by atoms with Crippen molar-refractivity contribution in [2.75, 3.05) is 13.1 Å². The Hall–Kier alpha value is -2.12. The van der Waals surface area contributed by atoms with Crippen molar-refractivity contribution in [3.63, 3.8) is 0 Å². The Morgan fingerprint density at radius 1 is 1.04 bits per heavy atom. The molecule has 1 aliphatic heterocycles. The molecule has 0 radical (unpaired) electrons. The van der Waals surface area contributed by atoms with Crippen LogP contribution in [0.5, 0.6) is 11.5 Å². The van der Waals surface area contributed by atoms with Gasteiger partial charge in [-0.2, -0.15) is 4.31 Å². The molecule has 0 spiro atoms. The number of phenols is 2. The molecule has 7 heteroatoms.